The monoisotopic (exact) mass is 311 g/mol. The molecule has 2 atom stereocenters. The average Bonchev–Trinajstić information content (AvgIpc) is 2.50. The van der Waals surface area contributed by atoms with E-state index >= 15 is 0 Å². The van der Waals surface area contributed by atoms with Crippen molar-refractivity contribution in [1.82, 2.24) is 0 Å². The number of hydrogen-bond donors (Lipinski definition) is 1. The summed E-state index contributed by atoms with van der Waals surface area (Å²) in [6.07, 6.45) is 0. The molecule has 2 N–H and O–H groups in total. The number of halogens is 2. The number of ether oxygens (including phenoxy) is 1. The lowest BCUT2D eigenvalue weighted by Crippen LogP contribution is -2.18. The zero-order valence-electron chi connectivity index (χ0n) is 11.4. The summed E-state index contributed by atoms with van der Waals surface area (Å²) in [4.78, 5) is 0.220. The maximum atomic E-state index is 13.1. The molecule has 2 aromatic carbocycles. The van der Waals surface area contributed by atoms with Crippen LogP contribution in [0.15, 0.2) is 47.4 Å². The topological polar surface area (TPSA) is 52.3 Å². The number of rotatable bonds is 5. The van der Waals surface area contributed by atoms with Crippen LogP contribution in [0.1, 0.15) is 11.6 Å². The van der Waals surface area contributed by atoms with E-state index in [0.29, 0.717) is 5.75 Å². The van der Waals surface area contributed by atoms with E-state index in [1.54, 1.807) is 31.4 Å². The molecule has 0 saturated carbocycles. The van der Waals surface area contributed by atoms with Gasteiger partial charge in [0, 0.05) is 16.7 Å². The van der Waals surface area contributed by atoms with Crippen LogP contribution in [-0.4, -0.2) is 17.1 Å². The Morgan fingerprint density at radius 2 is 1.81 bits per heavy atom. The molecule has 0 heterocycles. The molecular formula is C15H15F2NO2S. The lowest BCUT2D eigenvalue weighted by Gasteiger charge is -2.12. The van der Waals surface area contributed by atoms with Gasteiger partial charge in [0.05, 0.1) is 17.9 Å². The van der Waals surface area contributed by atoms with Gasteiger partial charge in [0.15, 0.2) is 11.6 Å². The molecule has 0 aliphatic heterocycles. The van der Waals surface area contributed by atoms with Gasteiger partial charge in [-0.25, -0.2) is 8.78 Å². The number of benzene rings is 2. The zero-order chi connectivity index (χ0) is 15.4. The molecule has 0 aliphatic rings. The first-order chi connectivity index (χ1) is 10.0. The molecule has 21 heavy (non-hydrogen) atoms. The Bertz CT molecular complexity index is 647. The van der Waals surface area contributed by atoms with Gasteiger partial charge in [-0.1, -0.05) is 12.1 Å². The lowest BCUT2D eigenvalue weighted by molar-refractivity contribution is 0.414. The Kier molecular flexibility index (Phi) is 5.03. The largest absolute Gasteiger partial charge is 0.497 e. The van der Waals surface area contributed by atoms with Crippen molar-refractivity contribution in [3.05, 3.63) is 59.7 Å². The summed E-state index contributed by atoms with van der Waals surface area (Å²) in [5.41, 5.74) is 6.79. The van der Waals surface area contributed by atoms with Crippen molar-refractivity contribution in [2.75, 3.05) is 12.9 Å². The summed E-state index contributed by atoms with van der Waals surface area (Å²) in [7, 11) is 0.0600. The van der Waals surface area contributed by atoms with Gasteiger partial charge < -0.3 is 10.5 Å². The predicted molar refractivity (Wildman–Crippen MR) is 77.6 cm³/mol. The number of nitrogens with two attached hydrogens (primary N) is 1. The first kappa shape index (κ1) is 15.6. The van der Waals surface area contributed by atoms with Crippen molar-refractivity contribution < 1.29 is 17.7 Å². The van der Waals surface area contributed by atoms with E-state index in [0.717, 1.165) is 17.7 Å². The summed E-state index contributed by atoms with van der Waals surface area (Å²) in [5, 5.41) is 0. The van der Waals surface area contributed by atoms with Crippen LogP contribution >= 0.6 is 0 Å². The van der Waals surface area contributed by atoms with Gasteiger partial charge in [-0.15, -0.1) is 0 Å². The summed E-state index contributed by atoms with van der Waals surface area (Å²) in [5.74, 6) is -1.15. The SMILES string of the molecule is COc1ccc(C(N)CS(=O)c2ccc(F)c(F)c2)cc1. The van der Waals surface area contributed by atoms with Crippen LogP contribution in [0, 0.1) is 11.6 Å². The molecule has 2 rings (SSSR count). The second-order valence-corrected chi connectivity index (χ2v) is 5.96. The molecule has 0 fully saturated rings. The van der Waals surface area contributed by atoms with E-state index in [9.17, 15) is 13.0 Å². The molecule has 3 nitrogen and oxygen atoms in total. The fourth-order valence-electron chi connectivity index (χ4n) is 1.83. The summed E-state index contributed by atoms with van der Waals surface area (Å²) < 4.78 is 43.2. The molecular weight excluding hydrogens is 296 g/mol. The summed E-state index contributed by atoms with van der Waals surface area (Å²) in [6.45, 7) is 0. The minimum absolute atomic E-state index is 0.122. The van der Waals surface area contributed by atoms with Gasteiger partial charge in [0.25, 0.3) is 0 Å². The van der Waals surface area contributed by atoms with Gasteiger partial charge in [0.1, 0.15) is 5.75 Å². The molecule has 0 aromatic heterocycles. The quantitative estimate of drug-likeness (QED) is 0.924. The smallest absolute Gasteiger partial charge is 0.160 e. The van der Waals surface area contributed by atoms with E-state index in [4.69, 9.17) is 10.5 Å². The molecule has 2 aromatic rings. The predicted octanol–water partition coefficient (Wildman–Crippen LogP) is 2.78. The fraction of sp³-hybridized carbons (Fsp3) is 0.200. The molecule has 0 aliphatic carbocycles. The van der Waals surface area contributed by atoms with Crippen molar-refractivity contribution >= 4 is 10.8 Å². The Morgan fingerprint density at radius 1 is 1.14 bits per heavy atom. The third kappa shape index (κ3) is 3.86. The molecule has 0 amide bonds. The van der Waals surface area contributed by atoms with Crippen molar-refractivity contribution in [2.24, 2.45) is 5.73 Å². The van der Waals surface area contributed by atoms with Gasteiger partial charge in [-0.2, -0.15) is 0 Å². The van der Waals surface area contributed by atoms with Crippen molar-refractivity contribution in [3.8, 4) is 5.75 Å². The van der Waals surface area contributed by atoms with Crippen LogP contribution < -0.4 is 10.5 Å². The van der Waals surface area contributed by atoms with E-state index in [1.807, 2.05) is 0 Å². The van der Waals surface area contributed by atoms with Crippen LogP contribution in [-0.2, 0) is 10.8 Å². The molecule has 0 bridgehead atoms. The van der Waals surface area contributed by atoms with Crippen LogP contribution in [0.25, 0.3) is 0 Å². The van der Waals surface area contributed by atoms with Crippen LogP contribution in [0.5, 0.6) is 5.75 Å². The first-order valence-corrected chi connectivity index (χ1v) is 7.56. The minimum Gasteiger partial charge on any atom is -0.497 e. The highest BCUT2D eigenvalue weighted by molar-refractivity contribution is 7.85. The number of methoxy groups -OCH3 is 1. The van der Waals surface area contributed by atoms with Crippen molar-refractivity contribution in [1.29, 1.82) is 0 Å². The van der Waals surface area contributed by atoms with Gasteiger partial charge in [-0.3, -0.25) is 4.21 Å². The average molecular weight is 311 g/mol. The van der Waals surface area contributed by atoms with Crippen LogP contribution in [0.4, 0.5) is 8.78 Å². The minimum atomic E-state index is -1.50. The first-order valence-electron chi connectivity index (χ1n) is 6.24. The second kappa shape index (κ2) is 6.78. The van der Waals surface area contributed by atoms with Crippen molar-refractivity contribution in [3.63, 3.8) is 0 Å². The number of hydrogen-bond acceptors (Lipinski definition) is 3. The highest BCUT2D eigenvalue weighted by Gasteiger charge is 2.14. The molecule has 0 saturated heterocycles. The van der Waals surface area contributed by atoms with E-state index in [-0.39, 0.29) is 10.6 Å². The zero-order valence-corrected chi connectivity index (χ0v) is 12.2. The second-order valence-electron chi connectivity index (χ2n) is 4.47. The molecule has 0 spiro atoms. The molecule has 2 unspecified atom stereocenters. The van der Waals surface area contributed by atoms with Crippen LogP contribution in [0.2, 0.25) is 0 Å². The van der Waals surface area contributed by atoms with Crippen molar-refractivity contribution in [2.45, 2.75) is 10.9 Å². The Balaban J connectivity index is 2.08. The van der Waals surface area contributed by atoms with Crippen LogP contribution in [0.3, 0.4) is 0 Å². The molecule has 6 heteroatoms. The standard InChI is InChI=1S/C15H15F2NO2S/c1-20-11-4-2-10(3-5-11)15(18)9-21(19)12-6-7-13(16)14(17)8-12/h2-8,15H,9,18H2,1H3. The highest BCUT2D eigenvalue weighted by Crippen LogP contribution is 2.19. The Hall–Kier alpha value is -1.79. The van der Waals surface area contributed by atoms with Gasteiger partial charge in [0.2, 0.25) is 0 Å². The third-order valence-corrected chi connectivity index (χ3v) is 4.47. The van der Waals surface area contributed by atoms with E-state index in [2.05, 4.69) is 0 Å². The molecule has 112 valence electrons. The lowest BCUT2D eigenvalue weighted by atomic mass is 10.1. The Labute approximate surface area is 124 Å². The van der Waals surface area contributed by atoms with Gasteiger partial charge in [-0.05, 0) is 35.9 Å². The summed E-state index contributed by atoms with van der Waals surface area (Å²) in [6, 6.07) is 9.82. The maximum Gasteiger partial charge on any atom is 0.160 e. The molecule has 0 radical (unpaired) electrons. The maximum absolute atomic E-state index is 13.1. The van der Waals surface area contributed by atoms with Gasteiger partial charge >= 0.3 is 0 Å². The normalized spacial score (nSPS) is 13.7. The fourth-order valence-corrected chi connectivity index (χ4v) is 2.99. The van der Waals surface area contributed by atoms with E-state index < -0.39 is 28.5 Å². The highest BCUT2D eigenvalue weighted by atomic mass is 32.2. The summed E-state index contributed by atoms with van der Waals surface area (Å²) >= 11 is 0. The third-order valence-electron chi connectivity index (χ3n) is 3.03. The Morgan fingerprint density at radius 3 is 2.38 bits per heavy atom. The van der Waals surface area contributed by atoms with E-state index in [1.165, 1.54) is 6.07 Å².